The van der Waals surface area contributed by atoms with Gasteiger partial charge in [-0.25, -0.2) is 0 Å². The molecule has 0 spiro atoms. The van der Waals surface area contributed by atoms with Crippen molar-refractivity contribution in [3.8, 4) is 0 Å². The van der Waals surface area contributed by atoms with Gasteiger partial charge in [0.05, 0.1) is 5.69 Å². The van der Waals surface area contributed by atoms with Gasteiger partial charge in [-0.1, -0.05) is 0 Å². The second-order valence-corrected chi connectivity index (χ2v) is 1.88. The summed E-state index contributed by atoms with van der Waals surface area (Å²) in [4.78, 5) is 10.7. The van der Waals surface area contributed by atoms with Gasteiger partial charge in [0.1, 0.15) is 0 Å². The third-order valence-corrected chi connectivity index (χ3v) is 1.16. The molecule has 0 aliphatic carbocycles. The maximum Gasteiger partial charge on any atom is 0.266 e. The van der Waals surface area contributed by atoms with Crippen LogP contribution in [0.15, 0.2) is 10.9 Å². The minimum Gasteiger partial charge on any atom is -0.325 e. The molecule has 3 N–H and O–H groups in total. The Hall–Kier alpha value is -0.450. The second-order valence-electron chi connectivity index (χ2n) is 1.88. The third kappa shape index (κ3) is 2.96. The van der Waals surface area contributed by atoms with Gasteiger partial charge in [-0.2, -0.15) is 0 Å². The molecule has 11 heavy (non-hydrogen) atoms. The van der Waals surface area contributed by atoms with Gasteiger partial charge in [0.2, 0.25) is 0 Å². The average molecular weight is 200 g/mol. The number of H-pyrrole nitrogens is 1. The van der Waals surface area contributed by atoms with Crippen LogP contribution in [-0.2, 0) is 13.6 Å². The molecule has 1 aromatic rings. The fourth-order valence-corrected chi connectivity index (χ4v) is 0.653. The van der Waals surface area contributed by atoms with Crippen LogP contribution in [0.25, 0.3) is 0 Å². The summed E-state index contributed by atoms with van der Waals surface area (Å²) in [6.07, 6.45) is 0. The molecule has 1 heterocycles. The van der Waals surface area contributed by atoms with E-state index in [4.69, 9.17) is 5.73 Å². The van der Waals surface area contributed by atoms with Crippen LogP contribution >= 0.6 is 24.8 Å². The summed E-state index contributed by atoms with van der Waals surface area (Å²) in [5.74, 6) is 0. The van der Waals surface area contributed by atoms with Gasteiger partial charge in [-0.3, -0.25) is 14.6 Å². The number of nitrogens with one attached hydrogen (secondary N) is 1. The number of rotatable bonds is 1. The SMILES string of the molecule is Cl.Cl.Cn1[nH]c(CN)cc1=O. The normalized spacial score (nSPS) is 8.18. The molecular formula is C5H11Cl2N3O. The highest BCUT2D eigenvalue weighted by atomic mass is 35.5. The molecule has 0 saturated heterocycles. The molecule has 4 nitrogen and oxygen atoms in total. The van der Waals surface area contributed by atoms with E-state index in [9.17, 15) is 4.79 Å². The van der Waals surface area contributed by atoms with Crippen molar-refractivity contribution in [2.45, 2.75) is 6.54 Å². The van der Waals surface area contributed by atoms with Gasteiger partial charge < -0.3 is 5.73 Å². The topological polar surface area (TPSA) is 63.8 Å². The molecule has 66 valence electrons. The van der Waals surface area contributed by atoms with E-state index in [1.54, 1.807) is 7.05 Å². The summed E-state index contributed by atoms with van der Waals surface area (Å²) in [5.41, 5.74) is 5.97. The van der Waals surface area contributed by atoms with Crippen molar-refractivity contribution in [2.24, 2.45) is 12.8 Å². The molecule has 0 aliphatic heterocycles. The highest BCUT2D eigenvalue weighted by molar-refractivity contribution is 5.85. The predicted molar refractivity (Wildman–Crippen MR) is 48.4 cm³/mol. The zero-order chi connectivity index (χ0) is 6.85. The first-order valence-corrected chi connectivity index (χ1v) is 2.69. The predicted octanol–water partition coefficient (Wildman–Crippen LogP) is 0.0157. The molecule has 0 bridgehead atoms. The molecule has 6 heteroatoms. The van der Waals surface area contributed by atoms with E-state index < -0.39 is 0 Å². The van der Waals surface area contributed by atoms with Crippen LogP contribution in [0, 0.1) is 0 Å². The third-order valence-electron chi connectivity index (χ3n) is 1.16. The number of aromatic nitrogens is 2. The second kappa shape index (κ2) is 5.23. The maximum atomic E-state index is 10.7. The molecule has 0 saturated carbocycles. The molecule has 0 aromatic carbocycles. The first-order valence-electron chi connectivity index (χ1n) is 2.69. The Morgan fingerprint density at radius 2 is 2.18 bits per heavy atom. The largest absolute Gasteiger partial charge is 0.325 e. The minimum atomic E-state index is -0.0459. The lowest BCUT2D eigenvalue weighted by atomic mass is 10.4. The lowest BCUT2D eigenvalue weighted by molar-refractivity contribution is 0.720. The summed E-state index contributed by atoms with van der Waals surface area (Å²) in [6.45, 7) is 0.385. The number of nitrogens with two attached hydrogens (primary N) is 1. The van der Waals surface area contributed by atoms with Crippen molar-refractivity contribution < 1.29 is 0 Å². The summed E-state index contributed by atoms with van der Waals surface area (Å²) in [7, 11) is 1.65. The molecule has 0 aliphatic rings. The van der Waals surface area contributed by atoms with E-state index in [1.165, 1.54) is 10.7 Å². The fraction of sp³-hybridized carbons (Fsp3) is 0.400. The van der Waals surface area contributed by atoms with Crippen molar-refractivity contribution in [2.75, 3.05) is 0 Å². The quantitative estimate of drug-likeness (QED) is 0.670. The molecular weight excluding hydrogens is 189 g/mol. The zero-order valence-corrected chi connectivity index (χ0v) is 7.67. The zero-order valence-electron chi connectivity index (χ0n) is 6.03. The number of hydrogen-bond donors (Lipinski definition) is 2. The number of nitrogens with zero attached hydrogens (tertiary/aromatic N) is 1. The number of aryl methyl sites for hydroxylation is 1. The Balaban J connectivity index is 0. The van der Waals surface area contributed by atoms with Crippen LogP contribution in [0.2, 0.25) is 0 Å². The number of hydrogen-bond acceptors (Lipinski definition) is 2. The lowest BCUT2D eigenvalue weighted by Gasteiger charge is -1.87. The van der Waals surface area contributed by atoms with Crippen molar-refractivity contribution >= 4 is 24.8 Å². The number of halogens is 2. The van der Waals surface area contributed by atoms with Crippen LogP contribution in [0.1, 0.15) is 5.69 Å². The van der Waals surface area contributed by atoms with E-state index in [0.29, 0.717) is 6.54 Å². The van der Waals surface area contributed by atoms with Gasteiger partial charge in [0.15, 0.2) is 0 Å². The van der Waals surface area contributed by atoms with E-state index in [2.05, 4.69) is 5.10 Å². The summed E-state index contributed by atoms with van der Waals surface area (Å²) >= 11 is 0. The van der Waals surface area contributed by atoms with Crippen molar-refractivity contribution in [3.05, 3.63) is 22.1 Å². The highest BCUT2D eigenvalue weighted by Gasteiger charge is 1.93. The Morgan fingerprint density at radius 3 is 2.36 bits per heavy atom. The van der Waals surface area contributed by atoms with Gasteiger partial charge in [-0.15, -0.1) is 24.8 Å². The van der Waals surface area contributed by atoms with Gasteiger partial charge in [-0.05, 0) is 0 Å². The van der Waals surface area contributed by atoms with Crippen molar-refractivity contribution in [3.63, 3.8) is 0 Å². The highest BCUT2D eigenvalue weighted by Crippen LogP contribution is 1.83. The van der Waals surface area contributed by atoms with Crippen LogP contribution in [0.3, 0.4) is 0 Å². The summed E-state index contributed by atoms with van der Waals surface area (Å²) in [6, 6.07) is 1.49. The first kappa shape index (κ1) is 13.2. The molecule has 1 aromatic heterocycles. The van der Waals surface area contributed by atoms with Crippen LogP contribution in [0.4, 0.5) is 0 Å². The van der Waals surface area contributed by atoms with E-state index >= 15 is 0 Å². The maximum absolute atomic E-state index is 10.7. The molecule has 1 rings (SSSR count). The summed E-state index contributed by atoms with van der Waals surface area (Å²) in [5, 5.41) is 2.77. The standard InChI is InChI=1S/C5H9N3O.2ClH/c1-8-5(9)2-4(3-6)7-8;;/h2,7H,3,6H2,1H3;2*1H. The first-order chi connectivity index (χ1) is 4.24. The Kier molecular flexibility index (Phi) is 6.26. The van der Waals surface area contributed by atoms with Gasteiger partial charge in [0, 0.05) is 19.7 Å². The minimum absolute atomic E-state index is 0. The van der Waals surface area contributed by atoms with Crippen LogP contribution < -0.4 is 11.3 Å². The van der Waals surface area contributed by atoms with E-state index in [1.807, 2.05) is 0 Å². The lowest BCUT2D eigenvalue weighted by Crippen LogP contribution is -2.09. The molecule has 0 amide bonds. The van der Waals surface area contributed by atoms with Gasteiger partial charge >= 0.3 is 0 Å². The monoisotopic (exact) mass is 199 g/mol. The van der Waals surface area contributed by atoms with E-state index in [0.717, 1.165) is 5.69 Å². The molecule has 0 radical (unpaired) electrons. The average Bonchev–Trinajstić information content (AvgIpc) is 2.13. The molecule has 0 unspecified atom stereocenters. The fourth-order valence-electron chi connectivity index (χ4n) is 0.653. The van der Waals surface area contributed by atoms with Crippen molar-refractivity contribution in [1.82, 2.24) is 9.78 Å². The Labute approximate surface area is 76.6 Å². The van der Waals surface area contributed by atoms with Crippen molar-refractivity contribution in [1.29, 1.82) is 0 Å². The van der Waals surface area contributed by atoms with Gasteiger partial charge in [0.25, 0.3) is 5.56 Å². The Morgan fingerprint density at radius 1 is 1.64 bits per heavy atom. The summed E-state index contributed by atoms with van der Waals surface area (Å²) < 4.78 is 1.39. The smallest absolute Gasteiger partial charge is 0.266 e. The molecule has 0 atom stereocenters. The van der Waals surface area contributed by atoms with Crippen LogP contribution in [0.5, 0.6) is 0 Å². The number of aromatic amines is 1. The van der Waals surface area contributed by atoms with Crippen LogP contribution in [-0.4, -0.2) is 9.78 Å². The Bertz CT molecular complexity index is 254. The molecule has 0 fully saturated rings. The van der Waals surface area contributed by atoms with E-state index in [-0.39, 0.29) is 30.4 Å².